The predicted octanol–water partition coefficient (Wildman–Crippen LogP) is 3.74. The van der Waals surface area contributed by atoms with Gasteiger partial charge in [-0.1, -0.05) is 18.2 Å². The minimum absolute atomic E-state index is 0.658. The quantitative estimate of drug-likeness (QED) is 0.651. The van der Waals surface area contributed by atoms with Gasteiger partial charge in [0.05, 0.1) is 11.3 Å². The van der Waals surface area contributed by atoms with Crippen molar-refractivity contribution >= 4 is 22.3 Å². The predicted molar refractivity (Wildman–Crippen MR) is 66.8 cm³/mol. The number of benzene rings is 1. The van der Waals surface area contributed by atoms with E-state index in [2.05, 4.69) is 11.1 Å². The average molecular weight is 240 g/mol. The fraction of sp³-hybridized carbons (Fsp3) is 0.0769. The highest BCUT2D eigenvalue weighted by Gasteiger charge is 2.13. The van der Waals surface area contributed by atoms with Gasteiger partial charge in [0.1, 0.15) is 27.8 Å². The zero-order valence-electron chi connectivity index (χ0n) is 9.10. The first kappa shape index (κ1) is 10.1. The Morgan fingerprint density at radius 2 is 2.18 bits per heavy atom. The Balaban J connectivity index is 2.24. The van der Waals surface area contributed by atoms with Gasteiger partial charge >= 0.3 is 0 Å². The topological polar surface area (TPSA) is 49.8 Å². The molecule has 0 bridgehead atoms. The third-order valence-electron chi connectivity index (χ3n) is 2.61. The molecule has 0 aliphatic heterocycles. The first-order valence-corrected chi connectivity index (χ1v) is 5.95. The summed E-state index contributed by atoms with van der Waals surface area (Å²) < 4.78 is 5.47. The molecule has 2 aromatic heterocycles. The second-order valence-corrected chi connectivity index (χ2v) is 4.69. The van der Waals surface area contributed by atoms with E-state index in [0.29, 0.717) is 4.88 Å². The maximum Gasteiger partial charge on any atom is 0.134 e. The number of para-hydroxylation sites is 1. The molecule has 0 aliphatic carbocycles. The van der Waals surface area contributed by atoms with Gasteiger partial charge in [-0.05, 0) is 13.0 Å². The van der Waals surface area contributed by atoms with E-state index in [1.54, 1.807) is 6.26 Å². The van der Waals surface area contributed by atoms with E-state index in [0.717, 1.165) is 27.2 Å². The Bertz CT molecular complexity index is 733. The molecule has 0 atom stereocenters. The standard InChI is InChI=1S/C13H8N2OS/c1-8-12(6-14)17-13(15-8)10-7-16-11-5-3-2-4-9(10)11/h2-5,7H,1H3. The van der Waals surface area contributed by atoms with Gasteiger partial charge in [-0.3, -0.25) is 0 Å². The molecule has 1 aromatic carbocycles. The van der Waals surface area contributed by atoms with Crippen molar-refractivity contribution in [1.82, 2.24) is 4.98 Å². The number of aromatic nitrogens is 1. The van der Waals surface area contributed by atoms with E-state index >= 15 is 0 Å². The minimum Gasteiger partial charge on any atom is -0.464 e. The number of nitriles is 1. The molecule has 0 unspecified atom stereocenters. The molecule has 0 saturated heterocycles. The van der Waals surface area contributed by atoms with Gasteiger partial charge in [-0.2, -0.15) is 5.26 Å². The van der Waals surface area contributed by atoms with Crippen molar-refractivity contribution in [3.8, 4) is 16.6 Å². The maximum atomic E-state index is 8.94. The normalized spacial score (nSPS) is 10.6. The van der Waals surface area contributed by atoms with Crippen LogP contribution in [0.15, 0.2) is 34.9 Å². The van der Waals surface area contributed by atoms with Crippen LogP contribution in [0.25, 0.3) is 21.5 Å². The van der Waals surface area contributed by atoms with E-state index in [4.69, 9.17) is 9.68 Å². The fourth-order valence-electron chi connectivity index (χ4n) is 1.76. The summed E-state index contributed by atoms with van der Waals surface area (Å²) in [4.78, 5) is 5.07. The minimum atomic E-state index is 0.658. The van der Waals surface area contributed by atoms with Gasteiger partial charge in [-0.15, -0.1) is 11.3 Å². The number of hydrogen-bond donors (Lipinski definition) is 0. The Labute approximate surface area is 102 Å². The second kappa shape index (κ2) is 3.72. The first-order valence-electron chi connectivity index (χ1n) is 5.13. The van der Waals surface area contributed by atoms with Gasteiger partial charge in [-0.25, -0.2) is 4.98 Å². The molecule has 2 heterocycles. The monoisotopic (exact) mass is 240 g/mol. The van der Waals surface area contributed by atoms with Crippen LogP contribution in [0, 0.1) is 18.3 Å². The highest BCUT2D eigenvalue weighted by molar-refractivity contribution is 7.15. The van der Waals surface area contributed by atoms with Gasteiger partial charge in [0.15, 0.2) is 0 Å². The Morgan fingerprint density at radius 1 is 1.35 bits per heavy atom. The third-order valence-corrected chi connectivity index (χ3v) is 3.70. The highest BCUT2D eigenvalue weighted by Crippen LogP contribution is 2.34. The van der Waals surface area contributed by atoms with Gasteiger partial charge in [0.2, 0.25) is 0 Å². The smallest absolute Gasteiger partial charge is 0.134 e. The van der Waals surface area contributed by atoms with E-state index in [1.165, 1.54) is 11.3 Å². The molecule has 0 saturated carbocycles. The van der Waals surface area contributed by atoms with Crippen LogP contribution in [0.2, 0.25) is 0 Å². The van der Waals surface area contributed by atoms with Crippen molar-refractivity contribution in [1.29, 1.82) is 5.26 Å². The lowest BCUT2D eigenvalue weighted by atomic mass is 10.2. The largest absolute Gasteiger partial charge is 0.464 e. The van der Waals surface area contributed by atoms with Gasteiger partial charge < -0.3 is 4.42 Å². The van der Waals surface area contributed by atoms with Crippen LogP contribution in [-0.4, -0.2) is 4.98 Å². The molecule has 0 radical (unpaired) electrons. The number of fused-ring (bicyclic) bond motifs is 1. The summed E-state index contributed by atoms with van der Waals surface area (Å²) in [5, 5.41) is 10.8. The van der Waals surface area contributed by atoms with Crippen LogP contribution in [0.4, 0.5) is 0 Å². The zero-order chi connectivity index (χ0) is 11.8. The van der Waals surface area contributed by atoms with Crippen molar-refractivity contribution in [2.45, 2.75) is 6.92 Å². The lowest BCUT2D eigenvalue weighted by Gasteiger charge is -1.90. The molecule has 0 fully saturated rings. The van der Waals surface area contributed by atoms with E-state index in [9.17, 15) is 0 Å². The fourth-order valence-corrected chi connectivity index (χ4v) is 2.64. The van der Waals surface area contributed by atoms with Gasteiger partial charge in [0, 0.05) is 5.39 Å². The number of aryl methyl sites for hydroxylation is 1. The lowest BCUT2D eigenvalue weighted by molar-refractivity contribution is 0.617. The van der Waals surface area contributed by atoms with E-state index in [1.807, 2.05) is 31.2 Å². The Hall–Kier alpha value is -2.12. The maximum absolute atomic E-state index is 8.94. The molecular formula is C13H8N2OS. The second-order valence-electron chi connectivity index (χ2n) is 3.69. The van der Waals surface area contributed by atoms with Crippen LogP contribution < -0.4 is 0 Å². The van der Waals surface area contributed by atoms with Crippen LogP contribution in [0.5, 0.6) is 0 Å². The number of furan rings is 1. The first-order chi connectivity index (χ1) is 8.29. The number of nitrogens with zero attached hydrogens (tertiary/aromatic N) is 2. The molecule has 3 rings (SSSR count). The highest BCUT2D eigenvalue weighted by atomic mass is 32.1. The van der Waals surface area contributed by atoms with Crippen molar-refractivity contribution in [2.75, 3.05) is 0 Å². The molecule has 0 amide bonds. The summed E-state index contributed by atoms with van der Waals surface area (Å²) in [6.45, 7) is 1.85. The third kappa shape index (κ3) is 1.52. The molecule has 3 aromatic rings. The molecule has 0 aliphatic rings. The summed E-state index contributed by atoms with van der Waals surface area (Å²) in [5.41, 5.74) is 2.57. The van der Waals surface area contributed by atoms with Crippen LogP contribution in [-0.2, 0) is 0 Å². The molecule has 0 spiro atoms. The molecule has 3 nitrogen and oxygen atoms in total. The van der Waals surface area contributed by atoms with Crippen LogP contribution in [0.1, 0.15) is 10.6 Å². The molecule has 4 heteroatoms. The van der Waals surface area contributed by atoms with Crippen molar-refractivity contribution in [3.63, 3.8) is 0 Å². The zero-order valence-corrected chi connectivity index (χ0v) is 9.91. The Kier molecular flexibility index (Phi) is 2.20. The Morgan fingerprint density at radius 3 is 2.94 bits per heavy atom. The SMILES string of the molecule is Cc1nc(-c2coc3ccccc23)sc1C#N. The van der Waals surface area contributed by atoms with Crippen molar-refractivity contribution in [2.24, 2.45) is 0 Å². The summed E-state index contributed by atoms with van der Waals surface area (Å²) >= 11 is 1.40. The summed E-state index contributed by atoms with van der Waals surface area (Å²) in [6.07, 6.45) is 1.70. The van der Waals surface area contributed by atoms with E-state index in [-0.39, 0.29) is 0 Å². The number of rotatable bonds is 1. The summed E-state index contributed by atoms with van der Waals surface area (Å²) in [6, 6.07) is 9.97. The summed E-state index contributed by atoms with van der Waals surface area (Å²) in [7, 11) is 0. The van der Waals surface area contributed by atoms with Crippen LogP contribution in [0.3, 0.4) is 0 Å². The van der Waals surface area contributed by atoms with E-state index < -0.39 is 0 Å². The summed E-state index contributed by atoms with van der Waals surface area (Å²) in [5.74, 6) is 0. The van der Waals surface area contributed by atoms with Crippen molar-refractivity contribution in [3.05, 3.63) is 41.1 Å². The number of thiazole rings is 1. The molecule has 17 heavy (non-hydrogen) atoms. The molecule has 82 valence electrons. The lowest BCUT2D eigenvalue weighted by Crippen LogP contribution is -1.75. The average Bonchev–Trinajstić information content (AvgIpc) is 2.92. The molecular weight excluding hydrogens is 232 g/mol. The van der Waals surface area contributed by atoms with Crippen molar-refractivity contribution < 1.29 is 4.42 Å². The number of hydrogen-bond acceptors (Lipinski definition) is 4. The molecule has 0 N–H and O–H groups in total. The van der Waals surface area contributed by atoms with Gasteiger partial charge in [0.25, 0.3) is 0 Å². The van der Waals surface area contributed by atoms with Crippen LogP contribution >= 0.6 is 11.3 Å².